The first kappa shape index (κ1) is 30.4. The quantitative estimate of drug-likeness (QED) is 0.117. The Morgan fingerprint density at radius 3 is 2.26 bits per heavy atom. The van der Waals surface area contributed by atoms with Gasteiger partial charge in [0.1, 0.15) is 5.75 Å². The van der Waals surface area contributed by atoms with Crippen LogP contribution in [-0.2, 0) is 20.7 Å². The largest absolute Gasteiger partial charge is 0.462 e. The molecule has 2 aromatic carbocycles. The van der Waals surface area contributed by atoms with Gasteiger partial charge >= 0.3 is 11.9 Å². The van der Waals surface area contributed by atoms with Crippen LogP contribution in [0.4, 0.5) is 0 Å². The molecule has 39 heavy (non-hydrogen) atoms. The molecule has 0 heterocycles. The van der Waals surface area contributed by atoms with Crippen LogP contribution in [0.5, 0.6) is 5.75 Å². The van der Waals surface area contributed by atoms with Gasteiger partial charge in [-0.25, -0.2) is 9.59 Å². The minimum absolute atomic E-state index is 0.00834. The zero-order valence-corrected chi connectivity index (χ0v) is 23.7. The highest BCUT2D eigenvalue weighted by Gasteiger charge is 2.22. The van der Waals surface area contributed by atoms with E-state index in [1.807, 2.05) is 12.1 Å². The number of carbonyl (C=O) groups excluding carboxylic acids is 2. The van der Waals surface area contributed by atoms with Crippen LogP contribution in [0.15, 0.2) is 66.8 Å². The van der Waals surface area contributed by atoms with Crippen LogP contribution >= 0.6 is 0 Å². The Kier molecular flexibility index (Phi) is 12.0. The Hall–Kier alpha value is -3.18. The molecule has 0 unspecified atom stereocenters. The molecular weight excluding hydrogens is 488 g/mol. The van der Waals surface area contributed by atoms with Crippen molar-refractivity contribution in [3.05, 3.63) is 77.9 Å². The molecule has 0 aromatic heterocycles. The van der Waals surface area contributed by atoms with Gasteiger partial charge in [-0.05, 0) is 91.7 Å². The van der Waals surface area contributed by atoms with Crippen molar-refractivity contribution in [2.24, 2.45) is 5.92 Å². The van der Waals surface area contributed by atoms with Crippen molar-refractivity contribution in [2.75, 3.05) is 13.2 Å². The van der Waals surface area contributed by atoms with E-state index in [1.54, 1.807) is 13.0 Å². The SMILES string of the molecule is C=C(C)C(=O)OCCCc1cc(-c2ccc(C3CCC(CCCCC)CC3)cc2)ccc1OC(=O)C(=C)CO. The van der Waals surface area contributed by atoms with Gasteiger partial charge in [0.15, 0.2) is 0 Å². The molecule has 3 rings (SSSR count). The predicted molar refractivity (Wildman–Crippen MR) is 157 cm³/mol. The number of benzene rings is 2. The van der Waals surface area contributed by atoms with E-state index in [4.69, 9.17) is 9.47 Å². The molecule has 2 aromatic rings. The molecule has 0 aliphatic heterocycles. The van der Waals surface area contributed by atoms with Crippen LogP contribution in [-0.4, -0.2) is 30.3 Å². The summed E-state index contributed by atoms with van der Waals surface area (Å²) in [5.74, 6) is 0.874. The van der Waals surface area contributed by atoms with Crippen molar-refractivity contribution in [1.82, 2.24) is 0 Å². The Morgan fingerprint density at radius 2 is 1.62 bits per heavy atom. The molecule has 5 heteroatoms. The number of carbonyl (C=O) groups is 2. The number of aryl methyl sites for hydroxylation is 1. The molecular formula is C34H44O5. The maximum Gasteiger partial charge on any atom is 0.341 e. The fourth-order valence-electron chi connectivity index (χ4n) is 5.26. The average Bonchev–Trinajstić information content (AvgIpc) is 2.96. The molecule has 0 atom stereocenters. The molecule has 5 nitrogen and oxygen atoms in total. The van der Waals surface area contributed by atoms with E-state index in [2.05, 4.69) is 44.3 Å². The number of hydrogen-bond acceptors (Lipinski definition) is 5. The number of unbranched alkanes of at least 4 members (excludes halogenated alkanes) is 2. The van der Waals surface area contributed by atoms with Gasteiger partial charge in [0, 0.05) is 5.57 Å². The average molecular weight is 533 g/mol. The molecule has 1 N–H and O–H groups in total. The molecule has 0 spiro atoms. The first-order chi connectivity index (χ1) is 18.8. The summed E-state index contributed by atoms with van der Waals surface area (Å²) in [7, 11) is 0. The van der Waals surface area contributed by atoms with Crippen LogP contribution in [0.3, 0.4) is 0 Å². The summed E-state index contributed by atoms with van der Waals surface area (Å²) in [5.41, 5.74) is 4.71. The van der Waals surface area contributed by atoms with Gasteiger partial charge in [-0.1, -0.05) is 76.1 Å². The van der Waals surface area contributed by atoms with E-state index >= 15 is 0 Å². The van der Waals surface area contributed by atoms with E-state index in [-0.39, 0.29) is 12.2 Å². The Bertz CT molecular complexity index is 1120. The van der Waals surface area contributed by atoms with Crippen molar-refractivity contribution in [2.45, 2.75) is 84.0 Å². The smallest absolute Gasteiger partial charge is 0.341 e. The Morgan fingerprint density at radius 1 is 0.923 bits per heavy atom. The highest BCUT2D eigenvalue weighted by atomic mass is 16.5. The van der Waals surface area contributed by atoms with Crippen LogP contribution in [0.1, 0.15) is 88.7 Å². The van der Waals surface area contributed by atoms with Crippen LogP contribution in [0, 0.1) is 5.92 Å². The molecule has 0 amide bonds. The summed E-state index contributed by atoms with van der Waals surface area (Å²) >= 11 is 0. The second kappa shape index (κ2) is 15.4. The first-order valence-corrected chi connectivity index (χ1v) is 14.4. The second-order valence-electron chi connectivity index (χ2n) is 10.8. The lowest BCUT2D eigenvalue weighted by atomic mass is 9.77. The van der Waals surface area contributed by atoms with Gasteiger partial charge in [0.05, 0.1) is 18.8 Å². The van der Waals surface area contributed by atoms with E-state index in [0.717, 1.165) is 22.6 Å². The minimum Gasteiger partial charge on any atom is -0.462 e. The monoisotopic (exact) mass is 532 g/mol. The summed E-state index contributed by atoms with van der Waals surface area (Å²) in [6, 6.07) is 14.6. The number of rotatable bonds is 14. The minimum atomic E-state index is -0.662. The van der Waals surface area contributed by atoms with Gasteiger partial charge in [0.25, 0.3) is 0 Å². The Balaban J connectivity index is 1.68. The summed E-state index contributed by atoms with van der Waals surface area (Å²) in [6.07, 6.45) is 11.7. The first-order valence-electron chi connectivity index (χ1n) is 14.4. The number of esters is 2. The third kappa shape index (κ3) is 9.21. The zero-order valence-electron chi connectivity index (χ0n) is 23.7. The molecule has 0 bridgehead atoms. The zero-order chi connectivity index (χ0) is 28.2. The van der Waals surface area contributed by atoms with Gasteiger partial charge in [0.2, 0.25) is 0 Å². The summed E-state index contributed by atoms with van der Waals surface area (Å²) in [5, 5.41) is 9.23. The van der Waals surface area contributed by atoms with Crippen molar-refractivity contribution < 1.29 is 24.2 Å². The Labute approximate surface area is 233 Å². The molecule has 0 radical (unpaired) electrons. The van der Waals surface area contributed by atoms with Crippen LogP contribution < -0.4 is 4.74 Å². The van der Waals surface area contributed by atoms with E-state index in [9.17, 15) is 14.7 Å². The van der Waals surface area contributed by atoms with Crippen molar-refractivity contribution in [1.29, 1.82) is 0 Å². The van der Waals surface area contributed by atoms with E-state index < -0.39 is 18.5 Å². The van der Waals surface area contributed by atoms with E-state index in [1.165, 1.54) is 56.9 Å². The van der Waals surface area contributed by atoms with Crippen molar-refractivity contribution in [3.8, 4) is 16.9 Å². The lowest BCUT2D eigenvalue weighted by molar-refractivity contribution is -0.139. The molecule has 210 valence electrons. The number of aliphatic hydroxyl groups excluding tert-OH is 1. The molecule has 0 saturated heterocycles. The maximum atomic E-state index is 12.3. The summed E-state index contributed by atoms with van der Waals surface area (Å²) in [6.45, 7) is 10.8. The van der Waals surface area contributed by atoms with Crippen LogP contribution in [0.2, 0.25) is 0 Å². The number of hydrogen-bond donors (Lipinski definition) is 1. The molecule has 1 saturated carbocycles. The normalized spacial score (nSPS) is 16.9. The summed E-state index contributed by atoms with van der Waals surface area (Å²) < 4.78 is 10.7. The topological polar surface area (TPSA) is 72.8 Å². The van der Waals surface area contributed by atoms with Gasteiger partial charge in [-0.2, -0.15) is 0 Å². The lowest BCUT2D eigenvalue weighted by Crippen LogP contribution is -2.14. The van der Waals surface area contributed by atoms with Gasteiger partial charge in [-0.15, -0.1) is 0 Å². The molecule has 1 aliphatic rings. The third-order valence-electron chi connectivity index (χ3n) is 7.69. The fraction of sp³-hybridized carbons (Fsp3) is 0.471. The van der Waals surface area contributed by atoms with Crippen molar-refractivity contribution >= 4 is 11.9 Å². The maximum absolute atomic E-state index is 12.3. The van der Waals surface area contributed by atoms with E-state index in [0.29, 0.717) is 30.1 Å². The highest BCUT2D eigenvalue weighted by Crippen LogP contribution is 2.38. The van der Waals surface area contributed by atoms with Gasteiger partial charge < -0.3 is 14.6 Å². The van der Waals surface area contributed by atoms with Gasteiger partial charge in [-0.3, -0.25) is 0 Å². The molecule has 1 fully saturated rings. The molecule has 1 aliphatic carbocycles. The highest BCUT2D eigenvalue weighted by molar-refractivity contribution is 5.90. The third-order valence-corrected chi connectivity index (χ3v) is 7.69. The lowest BCUT2D eigenvalue weighted by Gasteiger charge is -2.29. The predicted octanol–water partition coefficient (Wildman–Crippen LogP) is 7.71. The van der Waals surface area contributed by atoms with Crippen LogP contribution in [0.25, 0.3) is 11.1 Å². The number of aliphatic hydroxyl groups is 1. The summed E-state index contributed by atoms with van der Waals surface area (Å²) in [4.78, 5) is 24.0. The standard InChI is InChI=1S/C34H44O5/c1-5-6-7-9-26-11-13-27(14-12-26)28-15-17-29(18-16-28)30-19-20-32(39-34(37)25(4)23-35)31(22-30)10-8-21-38-33(36)24(2)3/h15-20,22,26-27,35H,2,4-14,21,23H2,1,3H3. The van der Waals surface area contributed by atoms with Crippen molar-refractivity contribution in [3.63, 3.8) is 0 Å². The fourth-order valence-corrected chi connectivity index (χ4v) is 5.26. The number of ether oxygens (including phenoxy) is 2. The second-order valence-corrected chi connectivity index (χ2v) is 10.8.